The summed E-state index contributed by atoms with van der Waals surface area (Å²) in [6.45, 7) is 2.79. The number of carbonyl (C=O) groups excluding carboxylic acids is 1. The van der Waals surface area contributed by atoms with Gasteiger partial charge in [0.25, 0.3) is 11.6 Å². The van der Waals surface area contributed by atoms with Gasteiger partial charge in [0, 0.05) is 23.3 Å². The van der Waals surface area contributed by atoms with Crippen LogP contribution >= 0.6 is 0 Å². The van der Waals surface area contributed by atoms with Crippen LogP contribution < -0.4 is 9.75 Å². The highest BCUT2D eigenvalue weighted by atomic mass is 16.6. The molecule has 1 amide bonds. The molecule has 0 radical (unpaired) electrons. The van der Waals surface area contributed by atoms with Crippen molar-refractivity contribution in [3.8, 4) is 5.75 Å². The number of rotatable bonds is 10. The molecule has 0 aliphatic carbocycles. The van der Waals surface area contributed by atoms with Crippen molar-refractivity contribution in [2.24, 2.45) is 5.10 Å². The normalized spacial score (nSPS) is 14.3. The zero-order valence-corrected chi connectivity index (χ0v) is 19.6. The standard InChI is InChI=1S/C28H27N3O4/c1-2-3-4-10-19-35-26-14-9-8-13-22(26)20-25-27(21-11-6-5-7-12-21)29-30(28(25)32)23-15-17-24(18-16-23)31(33)34/h5-9,11-18,20H,2-4,10,19H2,1H3. The minimum absolute atomic E-state index is 0.0477. The first-order chi connectivity index (χ1) is 17.1. The van der Waals surface area contributed by atoms with Gasteiger partial charge in [-0.05, 0) is 30.7 Å². The van der Waals surface area contributed by atoms with Crippen LogP contribution in [0, 0.1) is 10.1 Å². The number of hydrogen-bond acceptors (Lipinski definition) is 5. The molecule has 1 aliphatic heterocycles. The maximum absolute atomic E-state index is 13.5. The topological polar surface area (TPSA) is 85.0 Å². The van der Waals surface area contributed by atoms with Gasteiger partial charge in [0.2, 0.25) is 0 Å². The number of nitro groups is 1. The molecule has 0 saturated heterocycles. The van der Waals surface area contributed by atoms with Crippen molar-refractivity contribution >= 4 is 29.1 Å². The average molecular weight is 470 g/mol. The van der Waals surface area contributed by atoms with Crippen LogP contribution in [0.25, 0.3) is 6.08 Å². The van der Waals surface area contributed by atoms with Crippen LogP contribution in [0.2, 0.25) is 0 Å². The summed E-state index contributed by atoms with van der Waals surface area (Å²) in [5, 5.41) is 16.9. The fourth-order valence-corrected chi connectivity index (χ4v) is 3.84. The highest BCUT2D eigenvalue weighted by Crippen LogP contribution is 2.31. The molecule has 0 unspecified atom stereocenters. The number of amides is 1. The molecule has 35 heavy (non-hydrogen) atoms. The van der Waals surface area contributed by atoms with Crippen molar-refractivity contribution in [1.82, 2.24) is 0 Å². The molecule has 4 rings (SSSR count). The smallest absolute Gasteiger partial charge is 0.281 e. The summed E-state index contributed by atoms with van der Waals surface area (Å²) < 4.78 is 6.04. The maximum atomic E-state index is 13.5. The van der Waals surface area contributed by atoms with Gasteiger partial charge in [-0.25, -0.2) is 0 Å². The van der Waals surface area contributed by atoms with E-state index in [1.807, 2.05) is 54.6 Å². The average Bonchev–Trinajstić information content (AvgIpc) is 3.21. The third-order valence-corrected chi connectivity index (χ3v) is 5.70. The fourth-order valence-electron chi connectivity index (χ4n) is 3.84. The Hall–Kier alpha value is -4.26. The lowest BCUT2D eigenvalue weighted by Crippen LogP contribution is -2.21. The number of benzene rings is 3. The van der Waals surface area contributed by atoms with E-state index in [0.29, 0.717) is 29.3 Å². The van der Waals surface area contributed by atoms with Crippen molar-refractivity contribution in [2.45, 2.75) is 32.6 Å². The quantitative estimate of drug-likeness (QED) is 0.149. The molecule has 7 nitrogen and oxygen atoms in total. The Morgan fingerprint density at radius 1 is 0.943 bits per heavy atom. The summed E-state index contributed by atoms with van der Waals surface area (Å²) in [6, 6.07) is 22.9. The van der Waals surface area contributed by atoms with Gasteiger partial charge in [-0.15, -0.1) is 0 Å². The highest BCUT2D eigenvalue weighted by Gasteiger charge is 2.32. The summed E-state index contributed by atoms with van der Waals surface area (Å²) in [7, 11) is 0. The lowest BCUT2D eigenvalue weighted by molar-refractivity contribution is -0.384. The van der Waals surface area contributed by atoms with Crippen LogP contribution in [-0.4, -0.2) is 23.1 Å². The second kappa shape index (κ2) is 11.2. The van der Waals surface area contributed by atoms with Crippen LogP contribution in [0.4, 0.5) is 11.4 Å². The number of hydrogen-bond donors (Lipinski definition) is 0. The van der Waals surface area contributed by atoms with Crippen LogP contribution in [-0.2, 0) is 4.79 Å². The van der Waals surface area contributed by atoms with E-state index in [4.69, 9.17) is 4.74 Å². The largest absolute Gasteiger partial charge is 0.493 e. The van der Waals surface area contributed by atoms with Gasteiger partial charge in [-0.3, -0.25) is 14.9 Å². The van der Waals surface area contributed by atoms with Gasteiger partial charge < -0.3 is 4.74 Å². The van der Waals surface area contributed by atoms with E-state index in [9.17, 15) is 14.9 Å². The summed E-state index contributed by atoms with van der Waals surface area (Å²) >= 11 is 0. The minimum atomic E-state index is -0.473. The Balaban J connectivity index is 1.68. The number of carbonyl (C=O) groups is 1. The fraction of sp³-hybridized carbons (Fsp3) is 0.214. The Bertz CT molecular complexity index is 1250. The van der Waals surface area contributed by atoms with E-state index in [0.717, 1.165) is 30.4 Å². The summed E-state index contributed by atoms with van der Waals surface area (Å²) in [5.74, 6) is 0.404. The number of nitro benzene ring substituents is 1. The Morgan fingerprint density at radius 2 is 1.66 bits per heavy atom. The van der Waals surface area contributed by atoms with Crippen molar-refractivity contribution in [3.05, 3.63) is 106 Å². The second-order valence-electron chi connectivity index (χ2n) is 8.21. The maximum Gasteiger partial charge on any atom is 0.281 e. The predicted molar refractivity (Wildman–Crippen MR) is 138 cm³/mol. The number of ether oxygens (including phenoxy) is 1. The minimum Gasteiger partial charge on any atom is -0.493 e. The summed E-state index contributed by atoms with van der Waals surface area (Å²) in [6.07, 6.45) is 6.24. The van der Waals surface area contributed by atoms with Gasteiger partial charge in [-0.2, -0.15) is 10.1 Å². The SMILES string of the molecule is CCCCCCOc1ccccc1C=C1C(=O)N(c2ccc([N+](=O)[O-])cc2)N=C1c1ccccc1. The van der Waals surface area contributed by atoms with Gasteiger partial charge in [0.1, 0.15) is 11.5 Å². The molecule has 0 saturated carbocycles. The zero-order chi connectivity index (χ0) is 24.6. The Labute approximate surface area is 204 Å². The molecule has 3 aromatic rings. The summed E-state index contributed by atoms with van der Waals surface area (Å²) in [5.41, 5.74) is 2.96. The molecular formula is C28H27N3O4. The van der Waals surface area contributed by atoms with Gasteiger partial charge in [0.05, 0.1) is 22.8 Å². The number of hydrazone groups is 1. The third kappa shape index (κ3) is 5.63. The van der Waals surface area contributed by atoms with Gasteiger partial charge in [0.15, 0.2) is 0 Å². The van der Waals surface area contributed by atoms with Crippen molar-refractivity contribution < 1.29 is 14.5 Å². The number of unbranched alkanes of at least 4 members (excludes halogenated alkanes) is 3. The molecule has 0 fully saturated rings. The Kier molecular flexibility index (Phi) is 7.67. The highest BCUT2D eigenvalue weighted by molar-refractivity contribution is 6.37. The first-order valence-electron chi connectivity index (χ1n) is 11.8. The number of nitrogens with zero attached hydrogens (tertiary/aromatic N) is 3. The first-order valence-corrected chi connectivity index (χ1v) is 11.8. The predicted octanol–water partition coefficient (Wildman–Crippen LogP) is 6.39. The molecule has 0 bridgehead atoms. The van der Waals surface area contributed by atoms with E-state index in [2.05, 4.69) is 12.0 Å². The lowest BCUT2D eigenvalue weighted by Gasteiger charge is -2.12. The van der Waals surface area contributed by atoms with Crippen LogP contribution in [0.5, 0.6) is 5.75 Å². The summed E-state index contributed by atoms with van der Waals surface area (Å²) in [4.78, 5) is 24.1. The van der Waals surface area contributed by atoms with Gasteiger partial charge >= 0.3 is 0 Å². The van der Waals surface area contributed by atoms with Crippen LogP contribution in [0.3, 0.4) is 0 Å². The molecule has 1 heterocycles. The van der Waals surface area contributed by atoms with Crippen LogP contribution in [0.15, 0.2) is 89.5 Å². The van der Waals surface area contributed by atoms with Crippen molar-refractivity contribution in [3.63, 3.8) is 0 Å². The molecule has 7 heteroatoms. The number of anilines is 1. The second-order valence-corrected chi connectivity index (χ2v) is 8.21. The van der Waals surface area contributed by atoms with Crippen molar-refractivity contribution in [1.29, 1.82) is 0 Å². The van der Waals surface area contributed by atoms with E-state index >= 15 is 0 Å². The van der Waals surface area contributed by atoms with Crippen molar-refractivity contribution in [2.75, 3.05) is 11.6 Å². The lowest BCUT2D eigenvalue weighted by atomic mass is 10.00. The van der Waals surface area contributed by atoms with Crippen LogP contribution in [0.1, 0.15) is 43.7 Å². The first kappa shape index (κ1) is 23.9. The van der Waals surface area contributed by atoms with Gasteiger partial charge in [-0.1, -0.05) is 74.7 Å². The monoisotopic (exact) mass is 469 g/mol. The third-order valence-electron chi connectivity index (χ3n) is 5.70. The zero-order valence-electron chi connectivity index (χ0n) is 19.6. The molecule has 0 N–H and O–H groups in total. The van der Waals surface area contributed by atoms with E-state index in [1.165, 1.54) is 35.7 Å². The molecular weight excluding hydrogens is 442 g/mol. The molecule has 1 aliphatic rings. The molecule has 0 spiro atoms. The van der Waals surface area contributed by atoms with E-state index < -0.39 is 4.92 Å². The Morgan fingerprint density at radius 3 is 2.37 bits per heavy atom. The molecule has 178 valence electrons. The molecule has 0 aromatic heterocycles. The number of non-ortho nitro benzene ring substituents is 1. The van der Waals surface area contributed by atoms with E-state index in [1.54, 1.807) is 6.08 Å². The number of para-hydroxylation sites is 1. The molecule has 0 atom stereocenters. The van der Waals surface area contributed by atoms with E-state index in [-0.39, 0.29) is 11.6 Å². The molecule has 3 aromatic carbocycles.